The third-order valence-electron chi connectivity index (χ3n) is 24.0. The van der Waals surface area contributed by atoms with Gasteiger partial charge in [0.2, 0.25) is 17.7 Å². The van der Waals surface area contributed by atoms with Gasteiger partial charge in [0, 0.05) is 112 Å². The summed E-state index contributed by atoms with van der Waals surface area (Å²) in [6, 6.07) is 14.3. The lowest BCUT2D eigenvalue weighted by atomic mass is 10.0. The number of aromatic hydroxyl groups is 3. The Bertz CT molecular complexity index is 6790. The fourth-order valence-electron chi connectivity index (χ4n) is 17.4. The predicted molar refractivity (Wildman–Crippen MR) is 523 cm³/mol. The van der Waals surface area contributed by atoms with Crippen molar-refractivity contribution in [1.82, 2.24) is 58.3 Å². The Balaban J connectivity index is 0.000000175. The zero-order valence-electron chi connectivity index (χ0n) is 75.4. The van der Waals surface area contributed by atoms with Crippen molar-refractivity contribution >= 4 is 172 Å². The van der Waals surface area contributed by atoms with E-state index in [-0.39, 0.29) is 194 Å². The van der Waals surface area contributed by atoms with Crippen LogP contribution in [0, 0.1) is 89.7 Å². The summed E-state index contributed by atoms with van der Waals surface area (Å²) in [7, 11) is 0. The maximum atomic E-state index is 15.6. The smallest absolute Gasteiger partial charge is 0.276 e. The van der Waals surface area contributed by atoms with E-state index in [4.69, 9.17) is 104 Å². The second kappa shape index (κ2) is 40.8. The van der Waals surface area contributed by atoms with Gasteiger partial charge in [-0.3, -0.25) is 57.4 Å². The Labute approximate surface area is 830 Å². The van der Waals surface area contributed by atoms with Crippen LogP contribution in [0.1, 0.15) is 131 Å². The second-order valence-corrected chi connectivity index (χ2v) is 37.1. The zero-order valence-corrected chi connectivity index (χ0v) is 82.2. The molecule has 0 saturated carbocycles. The fourth-order valence-corrected chi connectivity index (χ4v) is 19.2. The number of halogens is 15. The number of nitriles is 3. The Kier molecular flexibility index (Phi) is 30.3. The molecule has 0 aliphatic carbocycles. The summed E-state index contributed by atoms with van der Waals surface area (Å²) in [5, 5.41) is 58.4. The molecule has 3 fully saturated rings. The van der Waals surface area contributed by atoms with Crippen LogP contribution in [0.3, 0.4) is 0 Å². The number of carbonyl (C=O) groups is 3. The quantitative estimate of drug-likeness (QED) is 0.0371. The Morgan fingerprint density at radius 1 is 0.399 bits per heavy atom. The molecule has 3 aliphatic heterocycles. The number of rotatable bonds is 15. The largest absolute Gasteiger partial charge is 0.504 e. The first kappa shape index (κ1) is 103. The number of nitrogens with zero attached hydrogens (tertiary/aromatic N) is 18. The molecule has 3 aliphatic rings. The van der Waals surface area contributed by atoms with E-state index in [1.54, 1.807) is 87.0 Å². The lowest BCUT2D eigenvalue weighted by Gasteiger charge is -2.41. The molecule has 0 bridgehead atoms. The maximum Gasteiger partial charge on any atom is 0.276 e. The summed E-state index contributed by atoms with van der Waals surface area (Å²) in [5.41, 5.74) is -1.62. The molecule has 3 saturated heterocycles. The first-order valence-electron chi connectivity index (χ1n) is 42.4. The standard InChI is InChI=1S/3C32H27Cl3F2N6O3/c3*1-6-20(44)42-10-9-41(13-16(42)5)29-17-11-19(33)27(21-24(36)22(34)23(35)25(37)30(21)45)40-31(17)43(32(46)18(29)12-38)28-15(4)7-8-39-26(28)14(2)3/h3*6-8,11,14,16,45H,1,9-10,13H2,2-5H3/t3*16-/m111/s1. The van der Waals surface area contributed by atoms with E-state index in [9.17, 15) is 73.0 Å². The van der Waals surface area contributed by atoms with Crippen molar-refractivity contribution in [2.75, 3.05) is 73.6 Å². The number of hydrogen-bond donors (Lipinski definition) is 3. The number of aryl methyl sites for hydroxylation is 3. The van der Waals surface area contributed by atoms with E-state index in [1.807, 2.05) is 62.3 Å². The molecule has 0 unspecified atom stereocenters. The maximum absolute atomic E-state index is 15.6. The molecule has 3 N–H and O–H groups in total. The first-order valence-corrected chi connectivity index (χ1v) is 45.8. The molecule has 12 aromatic rings. The van der Waals surface area contributed by atoms with Crippen molar-refractivity contribution in [3.8, 4) is 86.3 Å². The molecule has 15 rings (SSSR count). The van der Waals surface area contributed by atoms with Crippen molar-refractivity contribution < 1.29 is 56.0 Å². The highest BCUT2D eigenvalue weighted by molar-refractivity contribution is 6.44. The van der Waals surface area contributed by atoms with E-state index < -0.39 is 133 Å². The van der Waals surface area contributed by atoms with Gasteiger partial charge in [0.1, 0.15) is 66.9 Å². The van der Waals surface area contributed by atoms with Crippen molar-refractivity contribution in [1.29, 1.82) is 15.8 Å². The van der Waals surface area contributed by atoms with Gasteiger partial charge in [0.15, 0.2) is 52.2 Å². The number of pyridine rings is 9. The number of aromatic nitrogens is 9. The van der Waals surface area contributed by atoms with Crippen LogP contribution in [0.5, 0.6) is 17.2 Å². The lowest BCUT2D eigenvalue weighted by Crippen LogP contribution is -2.54. The van der Waals surface area contributed by atoms with Crippen LogP contribution in [-0.4, -0.2) is 168 Å². The summed E-state index contributed by atoms with van der Waals surface area (Å²) in [6.45, 7) is 35.0. The number of piperazine rings is 3. The van der Waals surface area contributed by atoms with Crippen LogP contribution in [0.25, 0.3) is 83.9 Å². The van der Waals surface area contributed by atoms with Crippen LogP contribution in [0.4, 0.5) is 43.4 Å². The summed E-state index contributed by atoms with van der Waals surface area (Å²) in [6.07, 6.45) is 8.43. The summed E-state index contributed by atoms with van der Waals surface area (Å²) in [5.74, 6) is -12.9. The van der Waals surface area contributed by atoms with Crippen molar-refractivity contribution in [2.24, 2.45) is 0 Å². The minimum absolute atomic E-state index is 0.0704. The summed E-state index contributed by atoms with van der Waals surface area (Å²) in [4.78, 5) is 118. The van der Waals surface area contributed by atoms with Gasteiger partial charge < -0.3 is 44.7 Å². The molecule has 9 aromatic heterocycles. The summed E-state index contributed by atoms with van der Waals surface area (Å²) >= 11 is 55.3. The van der Waals surface area contributed by atoms with Gasteiger partial charge in [-0.25, -0.2) is 41.3 Å². The Hall–Kier alpha value is -12.7. The topological polar surface area (TPSA) is 346 Å². The van der Waals surface area contributed by atoms with Crippen LogP contribution >= 0.6 is 104 Å². The molecule has 27 nitrogen and oxygen atoms in total. The third-order valence-corrected chi connectivity index (χ3v) is 27.3. The Morgan fingerprint density at radius 3 is 0.826 bits per heavy atom. The van der Waals surface area contributed by atoms with Gasteiger partial charge in [-0.1, -0.05) is 166 Å². The van der Waals surface area contributed by atoms with Gasteiger partial charge >= 0.3 is 0 Å². The van der Waals surface area contributed by atoms with Crippen LogP contribution in [0.2, 0.25) is 45.2 Å². The predicted octanol–water partition coefficient (Wildman–Crippen LogP) is 20.8. The number of carbonyl (C=O) groups excluding carboxylic acids is 3. The number of phenolic OH excluding ortho intramolecular Hbond substituents is 3. The molecule has 138 heavy (non-hydrogen) atoms. The molecule has 3 atom stereocenters. The van der Waals surface area contributed by atoms with Crippen molar-refractivity contribution in [3.05, 3.63) is 255 Å². The molecular formula is C96H81Cl9F6N18O9. The number of amides is 3. The monoisotopic (exact) mass is 2060 g/mol. The average molecular weight is 2060 g/mol. The Morgan fingerprint density at radius 2 is 0.623 bits per heavy atom. The van der Waals surface area contributed by atoms with Gasteiger partial charge in [-0.05, 0) is 131 Å². The highest BCUT2D eigenvalue weighted by Gasteiger charge is 2.40. The van der Waals surface area contributed by atoms with Crippen molar-refractivity contribution in [3.63, 3.8) is 0 Å². The molecule has 0 radical (unpaired) electrons. The van der Waals surface area contributed by atoms with E-state index in [1.165, 1.54) is 50.1 Å². The fraction of sp³-hybridized carbons (Fsp3) is 0.281. The number of hydrogen-bond acceptors (Lipinski definition) is 21. The highest BCUT2D eigenvalue weighted by atomic mass is 35.5. The normalized spacial score (nSPS) is 15.0. The van der Waals surface area contributed by atoms with Crippen LogP contribution in [0.15, 0.2) is 107 Å². The first-order chi connectivity index (χ1) is 65.2. The van der Waals surface area contributed by atoms with Crippen LogP contribution in [-0.2, 0) is 14.4 Å². The molecule has 42 heteroatoms. The molecule has 12 heterocycles. The number of benzene rings is 3. The van der Waals surface area contributed by atoms with E-state index in [0.717, 1.165) is 0 Å². The SMILES string of the molecule is C=CC(=O)N1CCN(c2c(C#N)c(=O)n(-c3c(C)ccnc3C(C)C)c3nc(-c4c(O)c(F)c(Cl)c(Cl)c4F)c(Cl)cc23)C[C@H]1C.C=CC(=O)N1CCN(c2c(C#N)c(=O)n(-c3c(C)ccnc3C(C)C)c3nc(-c4c(O)c(F)c(Cl)c(Cl)c4F)c(Cl)cc23)C[C@H]1C.C=CC(=O)N1CCN(c2c(C#N)c(=O)n(-c3c(C)ccnc3C(C)C)c3nc(-c4c(O)c(F)c(Cl)c(Cl)c4F)c(Cl)cc23)C[C@H]1C. The van der Waals surface area contributed by atoms with E-state index in [0.29, 0.717) is 50.8 Å². The lowest BCUT2D eigenvalue weighted by molar-refractivity contribution is -0.129. The number of phenols is 3. The second-order valence-electron chi connectivity index (χ2n) is 33.6. The molecule has 0 spiro atoms. The zero-order chi connectivity index (χ0) is 101. The van der Waals surface area contributed by atoms with Crippen molar-refractivity contribution in [2.45, 2.75) is 119 Å². The molecule has 714 valence electrons. The van der Waals surface area contributed by atoms with Gasteiger partial charge in [0.25, 0.3) is 16.7 Å². The number of fused-ring (bicyclic) bond motifs is 3. The van der Waals surface area contributed by atoms with Gasteiger partial charge in [-0.15, -0.1) is 0 Å². The molecule has 3 amide bonds. The minimum atomic E-state index is -1.38. The number of anilines is 3. The highest BCUT2D eigenvalue weighted by Crippen LogP contribution is 2.51. The third kappa shape index (κ3) is 18.0. The van der Waals surface area contributed by atoms with E-state index >= 15 is 13.2 Å². The van der Waals surface area contributed by atoms with Gasteiger partial charge in [0.05, 0.1) is 115 Å². The molecule has 3 aromatic carbocycles. The van der Waals surface area contributed by atoms with Crippen LogP contribution < -0.4 is 31.4 Å². The molecular weight excluding hydrogens is 1980 g/mol. The van der Waals surface area contributed by atoms with E-state index in [2.05, 4.69) is 67.8 Å². The van der Waals surface area contributed by atoms with Gasteiger partial charge in [-0.2, -0.15) is 15.8 Å². The minimum Gasteiger partial charge on any atom is -0.504 e. The summed E-state index contributed by atoms with van der Waals surface area (Å²) < 4.78 is 94.9. The average Bonchev–Trinajstić information content (AvgIpc) is 0.726.